The molecule has 1 heterocycles. The highest BCUT2D eigenvalue weighted by atomic mass is 79.9. The van der Waals surface area contributed by atoms with Crippen LogP contribution in [-0.2, 0) is 9.47 Å². The van der Waals surface area contributed by atoms with Gasteiger partial charge in [0.1, 0.15) is 5.60 Å². The zero-order valence-electron chi connectivity index (χ0n) is 15.6. The molecule has 3 aromatic rings. The first-order chi connectivity index (χ1) is 12.7. The maximum Gasteiger partial charge on any atom is 0.419 e. The van der Waals surface area contributed by atoms with Crippen LogP contribution in [0.15, 0.2) is 53.0 Å². The largest absolute Gasteiger partial charge is 0.465 e. The van der Waals surface area contributed by atoms with Crippen molar-refractivity contribution in [2.24, 2.45) is 0 Å². The second-order valence-electron chi connectivity index (χ2n) is 7.12. The molecule has 0 radical (unpaired) electrons. The van der Waals surface area contributed by atoms with Crippen molar-refractivity contribution >= 4 is 38.9 Å². The molecule has 27 heavy (non-hydrogen) atoms. The van der Waals surface area contributed by atoms with Gasteiger partial charge in [-0.2, -0.15) is 0 Å². The molecule has 0 aliphatic heterocycles. The number of hydrogen-bond acceptors (Lipinski definition) is 4. The molecule has 3 rings (SSSR count). The van der Waals surface area contributed by atoms with Gasteiger partial charge in [-0.25, -0.2) is 14.2 Å². The number of fused-ring (bicyclic) bond motifs is 1. The fourth-order valence-corrected chi connectivity index (χ4v) is 3.18. The summed E-state index contributed by atoms with van der Waals surface area (Å²) in [6, 6.07) is 14.6. The molecule has 140 valence electrons. The highest BCUT2D eigenvalue weighted by molar-refractivity contribution is 9.10. The third kappa shape index (κ3) is 4.06. The summed E-state index contributed by atoms with van der Waals surface area (Å²) in [5, 5.41) is 0.905. The molecule has 0 unspecified atom stereocenters. The summed E-state index contributed by atoms with van der Waals surface area (Å²) < 4.78 is 12.8. The predicted molar refractivity (Wildman–Crippen MR) is 108 cm³/mol. The summed E-state index contributed by atoms with van der Waals surface area (Å²) in [5.41, 5.74) is 2.06. The van der Waals surface area contributed by atoms with E-state index in [1.165, 1.54) is 7.11 Å². The van der Waals surface area contributed by atoms with Gasteiger partial charge in [0.2, 0.25) is 0 Å². The number of carbonyl (C=O) groups excluding carboxylic acids is 2. The van der Waals surface area contributed by atoms with Gasteiger partial charge >= 0.3 is 12.1 Å². The van der Waals surface area contributed by atoms with E-state index in [2.05, 4.69) is 15.9 Å². The lowest BCUT2D eigenvalue weighted by Gasteiger charge is -2.21. The van der Waals surface area contributed by atoms with Crippen LogP contribution in [0.3, 0.4) is 0 Å². The molecule has 0 atom stereocenters. The molecule has 0 aliphatic rings. The van der Waals surface area contributed by atoms with Crippen LogP contribution in [-0.4, -0.2) is 29.3 Å². The van der Waals surface area contributed by atoms with E-state index in [0.29, 0.717) is 11.3 Å². The summed E-state index contributed by atoms with van der Waals surface area (Å²) in [6.45, 7) is 5.49. The summed E-state index contributed by atoms with van der Waals surface area (Å²) in [4.78, 5) is 24.6. The Balaban J connectivity index is 2.15. The number of benzene rings is 2. The van der Waals surface area contributed by atoms with Gasteiger partial charge in [0, 0.05) is 9.86 Å². The van der Waals surface area contributed by atoms with E-state index >= 15 is 0 Å². The Kier molecular flexibility index (Phi) is 5.11. The Bertz CT molecular complexity index is 1010. The normalized spacial score (nSPS) is 11.4. The van der Waals surface area contributed by atoms with Crippen LogP contribution in [0.4, 0.5) is 4.79 Å². The van der Waals surface area contributed by atoms with Crippen molar-refractivity contribution in [1.82, 2.24) is 4.57 Å². The van der Waals surface area contributed by atoms with Crippen LogP contribution in [0.2, 0.25) is 0 Å². The van der Waals surface area contributed by atoms with Crippen molar-refractivity contribution in [2.45, 2.75) is 26.4 Å². The van der Waals surface area contributed by atoms with E-state index in [9.17, 15) is 9.59 Å². The summed E-state index contributed by atoms with van der Waals surface area (Å²) >= 11 is 3.46. The standard InChI is InChI=1S/C21H20BrNO4/c1-21(2,3)27-20(25)23-17-10-9-16(22)11-15(17)12-18(23)13-5-7-14(8-6-13)19(24)26-4/h5-12H,1-4H3. The lowest BCUT2D eigenvalue weighted by atomic mass is 10.1. The number of hydrogen-bond donors (Lipinski definition) is 0. The van der Waals surface area contributed by atoms with Crippen LogP contribution >= 0.6 is 15.9 Å². The molecule has 6 heteroatoms. The fraction of sp³-hybridized carbons (Fsp3) is 0.238. The molecular weight excluding hydrogens is 410 g/mol. The van der Waals surface area contributed by atoms with Gasteiger partial charge in [-0.15, -0.1) is 0 Å². The zero-order valence-corrected chi connectivity index (χ0v) is 17.2. The quantitative estimate of drug-likeness (QED) is 0.494. The molecule has 0 spiro atoms. The van der Waals surface area contributed by atoms with Gasteiger partial charge in [0.25, 0.3) is 0 Å². The molecule has 5 nitrogen and oxygen atoms in total. The SMILES string of the molecule is COC(=O)c1ccc(-c2cc3cc(Br)ccc3n2C(=O)OC(C)(C)C)cc1. The summed E-state index contributed by atoms with van der Waals surface area (Å²) in [7, 11) is 1.34. The minimum atomic E-state index is -0.616. The predicted octanol–water partition coefficient (Wildman–Crippen LogP) is 5.64. The minimum Gasteiger partial charge on any atom is -0.465 e. The summed E-state index contributed by atoms with van der Waals surface area (Å²) in [6.07, 6.45) is -0.452. The topological polar surface area (TPSA) is 57.5 Å². The zero-order chi connectivity index (χ0) is 19.8. The van der Waals surface area contributed by atoms with E-state index in [-0.39, 0.29) is 0 Å². The van der Waals surface area contributed by atoms with Crippen LogP contribution < -0.4 is 0 Å². The second-order valence-corrected chi connectivity index (χ2v) is 8.03. The van der Waals surface area contributed by atoms with Crippen molar-refractivity contribution in [3.8, 4) is 11.3 Å². The van der Waals surface area contributed by atoms with Crippen LogP contribution in [0.25, 0.3) is 22.2 Å². The molecule has 1 aromatic heterocycles. The van der Waals surface area contributed by atoms with Gasteiger partial charge < -0.3 is 9.47 Å². The number of methoxy groups -OCH3 is 1. The highest BCUT2D eigenvalue weighted by Gasteiger charge is 2.23. The average Bonchev–Trinajstić information content (AvgIpc) is 2.98. The van der Waals surface area contributed by atoms with Gasteiger partial charge in [0.15, 0.2) is 0 Å². The number of esters is 1. The van der Waals surface area contributed by atoms with Crippen molar-refractivity contribution < 1.29 is 19.1 Å². The molecule has 0 N–H and O–H groups in total. The van der Waals surface area contributed by atoms with E-state index in [4.69, 9.17) is 9.47 Å². The molecule has 2 aromatic carbocycles. The number of nitrogens with zero attached hydrogens (tertiary/aromatic N) is 1. The van der Waals surface area contributed by atoms with E-state index < -0.39 is 17.7 Å². The first-order valence-corrected chi connectivity index (χ1v) is 9.22. The number of halogens is 1. The van der Waals surface area contributed by atoms with Crippen LogP contribution in [0.1, 0.15) is 31.1 Å². The lowest BCUT2D eigenvalue weighted by Crippen LogP contribution is -2.27. The number of carbonyl (C=O) groups is 2. The van der Waals surface area contributed by atoms with E-state index in [0.717, 1.165) is 20.9 Å². The van der Waals surface area contributed by atoms with E-state index in [1.807, 2.05) is 45.0 Å². The Hall–Kier alpha value is -2.60. The van der Waals surface area contributed by atoms with Crippen molar-refractivity contribution in [1.29, 1.82) is 0 Å². The summed E-state index contributed by atoms with van der Waals surface area (Å²) in [5.74, 6) is -0.404. The first kappa shape index (κ1) is 19.2. The number of ether oxygens (including phenoxy) is 2. The number of rotatable bonds is 2. The van der Waals surface area contributed by atoms with Gasteiger partial charge in [-0.3, -0.25) is 0 Å². The third-order valence-electron chi connectivity index (χ3n) is 3.94. The molecule has 0 saturated carbocycles. The Morgan fingerprint density at radius 3 is 2.26 bits per heavy atom. The molecule has 0 aliphatic carbocycles. The highest BCUT2D eigenvalue weighted by Crippen LogP contribution is 2.31. The van der Waals surface area contributed by atoms with Crippen molar-refractivity contribution in [3.63, 3.8) is 0 Å². The molecular formula is C21H20BrNO4. The van der Waals surface area contributed by atoms with Crippen molar-refractivity contribution in [2.75, 3.05) is 7.11 Å². The van der Waals surface area contributed by atoms with Crippen LogP contribution in [0.5, 0.6) is 0 Å². The molecule has 0 saturated heterocycles. The van der Waals surface area contributed by atoms with Gasteiger partial charge in [0.05, 0.1) is 23.9 Å². The first-order valence-electron chi connectivity index (χ1n) is 8.43. The molecule has 0 amide bonds. The van der Waals surface area contributed by atoms with Crippen molar-refractivity contribution in [3.05, 3.63) is 58.6 Å². The molecule has 0 fully saturated rings. The minimum absolute atomic E-state index is 0.404. The lowest BCUT2D eigenvalue weighted by molar-refractivity contribution is 0.0545. The third-order valence-corrected chi connectivity index (χ3v) is 4.43. The molecule has 0 bridgehead atoms. The van der Waals surface area contributed by atoms with Gasteiger partial charge in [-0.05, 0) is 62.7 Å². The maximum absolute atomic E-state index is 12.9. The second kappa shape index (κ2) is 7.19. The van der Waals surface area contributed by atoms with Crippen LogP contribution in [0, 0.1) is 0 Å². The van der Waals surface area contributed by atoms with Gasteiger partial charge in [-0.1, -0.05) is 28.1 Å². The Morgan fingerprint density at radius 1 is 1.00 bits per heavy atom. The monoisotopic (exact) mass is 429 g/mol. The fourth-order valence-electron chi connectivity index (χ4n) is 2.80. The Labute approximate surface area is 166 Å². The Morgan fingerprint density at radius 2 is 1.67 bits per heavy atom. The average molecular weight is 430 g/mol. The maximum atomic E-state index is 12.9. The van der Waals surface area contributed by atoms with E-state index in [1.54, 1.807) is 28.8 Å². The smallest absolute Gasteiger partial charge is 0.419 e. The number of aromatic nitrogens is 1.